The second kappa shape index (κ2) is 3.93. The van der Waals surface area contributed by atoms with E-state index < -0.39 is 10.0 Å². The smallest absolute Gasteiger partial charge is 0.264 e. The van der Waals surface area contributed by atoms with Crippen LogP contribution in [0.25, 0.3) is 0 Å². The lowest BCUT2D eigenvalue weighted by Gasteiger charge is -2.06. The Morgan fingerprint density at radius 3 is 2.69 bits per heavy atom. The highest BCUT2D eigenvalue weighted by molar-refractivity contribution is 7.92. The third-order valence-corrected chi connectivity index (χ3v) is 3.34. The molecule has 0 bridgehead atoms. The first-order valence-electron chi connectivity index (χ1n) is 4.50. The van der Waals surface area contributed by atoms with Crippen LogP contribution in [0.5, 0.6) is 0 Å². The van der Waals surface area contributed by atoms with Crippen LogP contribution in [-0.4, -0.2) is 23.2 Å². The number of hydrogen-bond acceptors (Lipinski definition) is 4. The zero-order valence-corrected chi connectivity index (χ0v) is 9.35. The second-order valence-electron chi connectivity index (χ2n) is 3.13. The summed E-state index contributed by atoms with van der Waals surface area (Å²) in [6.07, 6.45) is 4.32. The summed E-state index contributed by atoms with van der Waals surface area (Å²) in [5.41, 5.74) is 0. The highest BCUT2D eigenvalue weighted by Crippen LogP contribution is 2.13. The van der Waals surface area contributed by atoms with Crippen LogP contribution in [0.3, 0.4) is 0 Å². The second-order valence-corrected chi connectivity index (χ2v) is 4.82. The molecule has 2 aromatic rings. The van der Waals surface area contributed by atoms with Gasteiger partial charge in [-0.25, -0.2) is 8.42 Å². The van der Waals surface area contributed by atoms with Crippen LogP contribution < -0.4 is 4.72 Å². The molecule has 2 rings (SSSR count). The van der Waals surface area contributed by atoms with Gasteiger partial charge in [0, 0.05) is 25.5 Å². The Morgan fingerprint density at radius 1 is 1.31 bits per heavy atom. The molecular formula is C9H10N4O2S. The zero-order valence-electron chi connectivity index (χ0n) is 8.53. The van der Waals surface area contributed by atoms with Crippen LogP contribution in [0.4, 0.5) is 5.82 Å². The van der Waals surface area contributed by atoms with E-state index >= 15 is 0 Å². The largest absolute Gasteiger partial charge is 0.264 e. The van der Waals surface area contributed by atoms with Crippen molar-refractivity contribution in [2.45, 2.75) is 4.90 Å². The lowest BCUT2D eigenvalue weighted by molar-refractivity contribution is 0.600. The van der Waals surface area contributed by atoms with Crippen molar-refractivity contribution in [1.82, 2.24) is 14.8 Å². The molecule has 0 spiro atoms. The number of aromatic nitrogens is 3. The Morgan fingerprint density at radius 2 is 2.12 bits per heavy atom. The van der Waals surface area contributed by atoms with Gasteiger partial charge in [-0.05, 0) is 12.1 Å². The third kappa shape index (κ3) is 2.03. The molecule has 84 valence electrons. The third-order valence-electron chi connectivity index (χ3n) is 2.00. The SMILES string of the molecule is Cn1nccc1NS(=O)(=O)c1cccnc1. The fourth-order valence-corrected chi connectivity index (χ4v) is 2.23. The van der Waals surface area contributed by atoms with Crippen LogP contribution in [0.15, 0.2) is 41.7 Å². The first kappa shape index (κ1) is 10.6. The van der Waals surface area contributed by atoms with Crippen molar-refractivity contribution in [2.75, 3.05) is 4.72 Å². The Balaban J connectivity index is 2.32. The molecule has 0 aliphatic carbocycles. The van der Waals surface area contributed by atoms with Crippen molar-refractivity contribution in [2.24, 2.45) is 7.05 Å². The molecule has 0 amide bonds. The minimum Gasteiger partial charge on any atom is -0.264 e. The highest BCUT2D eigenvalue weighted by Gasteiger charge is 2.15. The minimum atomic E-state index is -3.58. The number of nitrogens with zero attached hydrogens (tertiary/aromatic N) is 3. The maximum Gasteiger partial charge on any atom is 0.264 e. The van der Waals surface area contributed by atoms with Crippen LogP contribution in [-0.2, 0) is 17.1 Å². The van der Waals surface area contributed by atoms with Gasteiger partial charge >= 0.3 is 0 Å². The van der Waals surface area contributed by atoms with Crippen molar-refractivity contribution < 1.29 is 8.42 Å². The van der Waals surface area contributed by atoms with E-state index in [0.717, 1.165) is 0 Å². The minimum absolute atomic E-state index is 0.121. The van der Waals surface area contributed by atoms with Crippen molar-refractivity contribution in [3.63, 3.8) is 0 Å². The van der Waals surface area contributed by atoms with Gasteiger partial charge in [0.05, 0.1) is 6.20 Å². The van der Waals surface area contributed by atoms with Crippen LogP contribution in [0, 0.1) is 0 Å². The lowest BCUT2D eigenvalue weighted by atomic mass is 10.5. The molecule has 0 aliphatic heterocycles. The zero-order chi connectivity index (χ0) is 11.6. The molecular weight excluding hydrogens is 228 g/mol. The standard InChI is InChI=1S/C9H10N4O2S/c1-13-9(4-6-11-13)12-16(14,15)8-3-2-5-10-7-8/h2-7,12H,1H3. The summed E-state index contributed by atoms with van der Waals surface area (Å²) < 4.78 is 27.6. The van der Waals surface area contributed by atoms with Crippen molar-refractivity contribution in [3.8, 4) is 0 Å². The summed E-state index contributed by atoms with van der Waals surface area (Å²) in [6.45, 7) is 0. The van der Waals surface area contributed by atoms with Gasteiger partial charge in [-0.3, -0.25) is 14.4 Å². The molecule has 1 N–H and O–H groups in total. The molecule has 2 heterocycles. The summed E-state index contributed by atoms with van der Waals surface area (Å²) in [5.74, 6) is 0.406. The molecule has 0 unspecified atom stereocenters. The lowest BCUT2D eigenvalue weighted by Crippen LogP contribution is -2.15. The van der Waals surface area contributed by atoms with Gasteiger partial charge in [-0.2, -0.15) is 5.10 Å². The maximum absolute atomic E-state index is 11.9. The van der Waals surface area contributed by atoms with E-state index in [-0.39, 0.29) is 4.90 Å². The predicted octanol–water partition coefficient (Wildman–Crippen LogP) is 0.616. The monoisotopic (exact) mass is 238 g/mol. The Hall–Kier alpha value is -1.89. The molecule has 0 aliphatic rings. The Bertz CT molecular complexity index is 577. The maximum atomic E-state index is 11.9. The summed E-state index contributed by atoms with van der Waals surface area (Å²) in [6, 6.07) is 4.62. The van der Waals surface area contributed by atoms with E-state index in [1.165, 1.54) is 29.3 Å². The molecule has 0 saturated heterocycles. The average Bonchev–Trinajstić information content (AvgIpc) is 2.65. The fraction of sp³-hybridized carbons (Fsp3) is 0.111. The number of rotatable bonds is 3. The van der Waals surface area contributed by atoms with E-state index in [1.54, 1.807) is 19.2 Å². The van der Waals surface area contributed by atoms with Crippen molar-refractivity contribution in [1.29, 1.82) is 0 Å². The van der Waals surface area contributed by atoms with Crippen molar-refractivity contribution >= 4 is 15.8 Å². The number of sulfonamides is 1. The molecule has 7 heteroatoms. The van der Waals surface area contributed by atoms with E-state index in [2.05, 4.69) is 14.8 Å². The average molecular weight is 238 g/mol. The molecule has 6 nitrogen and oxygen atoms in total. The van der Waals surface area contributed by atoms with Gasteiger partial charge in [-0.1, -0.05) is 0 Å². The number of hydrogen-bond donors (Lipinski definition) is 1. The predicted molar refractivity (Wildman–Crippen MR) is 58.3 cm³/mol. The van der Waals surface area contributed by atoms with Crippen LogP contribution in [0.1, 0.15) is 0 Å². The van der Waals surface area contributed by atoms with Gasteiger partial charge in [-0.15, -0.1) is 0 Å². The van der Waals surface area contributed by atoms with Crippen LogP contribution >= 0.6 is 0 Å². The molecule has 16 heavy (non-hydrogen) atoms. The fourth-order valence-electron chi connectivity index (χ4n) is 1.18. The number of aryl methyl sites for hydroxylation is 1. The molecule has 2 aromatic heterocycles. The topological polar surface area (TPSA) is 76.9 Å². The highest BCUT2D eigenvalue weighted by atomic mass is 32.2. The Kier molecular flexibility index (Phi) is 2.61. The van der Waals surface area contributed by atoms with E-state index in [1.807, 2.05) is 0 Å². The summed E-state index contributed by atoms with van der Waals surface area (Å²) >= 11 is 0. The molecule has 0 atom stereocenters. The molecule has 0 radical (unpaired) electrons. The van der Waals surface area contributed by atoms with Gasteiger partial charge in [0.25, 0.3) is 10.0 Å². The normalized spacial score (nSPS) is 11.3. The van der Waals surface area contributed by atoms with Crippen molar-refractivity contribution in [3.05, 3.63) is 36.8 Å². The number of nitrogens with one attached hydrogen (secondary N) is 1. The van der Waals surface area contributed by atoms with Gasteiger partial charge in [0.2, 0.25) is 0 Å². The van der Waals surface area contributed by atoms with Gasteiger partial charge in [0.1, 0.15) is 10.7 Å². The Labute approximate surface area is 93.0 Å². The summed E-state index contributed by atoms with van der Waals surface area (Å²) in [5, 5.41) is 3.87. The van der Waals surface area contributed by atoms with E-state index in [9.17, 15) is 8.42 Å². The number of anilines is 1. The first-order valence-corrected chi connectivity index (χ1v) is 5.99. The van der Waals surface area contributed by atoms with E-state index in [0.29, 0.717) is 5.82 Å². The summed E-state index contributed by atoms with van der Waals surface area (Å²) in [7, 11) is -1.93. The quantitative estimate of drug-likeness (QED) is 0.850. The molecule has 0 saturated carbocycles. The molecule has 0 aromatic carbocycles. The van der Waals surface area contributed by atoms with E-state index in [4.69, 9.17) is 0 Å². The van der Waals surface area contributed by atoms with Crippen LogP contribution in [0.2, 0.25) is 0 Å². The number of pyridine rings is 1. The summed E-state index contributed by atoms with van der Waals surface area (Å²) in [4.78, 5) is 3.88. The molecule has 0 fully saturated rings. The van der Waals surface area contributed by atoms with Gasteiger partial charge in [0.15, 0.2) is 0 Å². The van der Waals surface area contributed by atoms with Gasteiger partial charge < -0.3 is 0 Å². The first-order chi connectivity index (χ1) is 7.59.